The van der Waals surface area contributed by atoms with E-state index in [-0.39, 0.29) is 32.8 Å². The van der Waals surface area contributed by atoms with Gasteiger partial charge in [-0.05, 0) is 0 Å². The zero-order valence-corrected chi connectivity index (χ0v) is 8.98. The van der Waals surface area contributed by atoms with E-state index in [1.54, 1.807) is 0 Å². The topological polar surface area (TPSA) is 74.6 Å². The van der Waals surface area contributed by atoms with E-state index >= 15 is 0 Å². The molecule has 0 aliphatic rings. The van der Waals surface area contributed by atoms with Crippen LogP contribution in [0.2, 0.25) is 0 Å². The molecular formula is C4H6Cl2O4Pt. The molecule has 0 amide bonds. The van der Waals surface area contributed by atoms with Crippen molar-refractivity contribution in [1.29, 1.82) is 0 Å². The molecule has 0 aromatic carbocycles. The van der Waals surface area contributed by atoms with Crippen molar-refractivity contribution in [1.82, 2.24) is 0 Å². The largest absolute Gasteiger partial charge is 0.480 e. The van der Waals surface area contributed by atoms with Crippen molar-refractivity contribution >= 4 is 35.1 Å². The van der Waals surface area contributed by atoms with E-state index in [1.807, 2.05) is 0 Å². The van der Waals surface area contributed by atoms with Gasteiger partial charge in [0.25, 0.3) is 0 Å². The molecule has 0 unspecified atom stereocenters. The number of hydrogen-bond donors (Lipinski definition) is 2. The smallest absolute Gasteiger partial charge is 0.318 e. The Balaban J connectivity index is -0.000000107. The second kappa shape index (κ2) is 12.8. The maximum absolute atomic E-state index is 9.24. The fourth-order valence-electron chi connectivity index (χ4n) is 0. The minimum absolute atomic E-state index is 0. The van der Waals surface area contributed by atoms with Crippen molar-refractivity contribution in [2.24, 2.45) is 0 Å². The molecule has 0 aromatic rings. The van der Waals surface area contributed by atoms with Gasteiger partial charge < -0.3 is 10.2 Å². The van der Waals surface area contributed by atoms with Gasteiger partial charge in [0.1, 0.15) is 11.8 Å². The van der Waals surface area contributed by atoms with Gasteiger partial charge in [0.15, 0.2) is 0 Å². The maximum atomic E-state index is 9.24. The minimum atomic E-state index is -0.980. The average Bonchev–Trinajstić information content (AvgIpc) is 1.89. The monoisotopic (exact) mass is 383 g/mol. The van der Waals surface area contributed by atoms with Crippen LogP contribution >= 0.6 is 23.2 Å². The molecule has 4 nitrogen and oxygen atoms in total. The summed E-state index contributed by atoms with van der Waals surface area (Å²) >= 11 is 9.47. The number of halogens is 2. The van der Waals surface area contributed by atoms with E-state index in [1.165, 1.54) is 0 Å². The molecule has 0 atom stereocenters. The van der Waals surface area contributed by atoms with E-state index in [2.05, 4.69) is 0 Å². The predicted molar refractivity (Wildman–Crippen MR) is 36.7 cm³/mol. The number of alkyl halides is 2. The van der Waals surface area contributed by atoms with Crippen molar-refractivity contribution < 1.29 is 40.9 Å². The van der Waals surface area contributed by atoms with Crippen LogP contribution in [0.5, 0.6) is 0 Å². The second-order valence-electron chi connectivity index (χ2n) is 1.05. The first-order valence-corrected chi connectivity index (χ1v) is 3.17. The molecule has 0 fully saturated rings. The molecule has 0 aliphatic carbocycles. The number of hydrogen-bond acceptors (Lipinski definition) is 2. The van der Waals surface area contributed by atoms with Gasteiger partial charge in [-0.25, -0.2) is 0 Å². The molecule has 0 aliphatic heterocycles. The summed E-state index contributed by atoms with van der Waals surface area (Å²) in [5.41, 5.74) is 0. The molecule has 11 heavy (non-hydrogen) atoms. The van der Waals surface area contributed by atoms with Crippen LogP contribution in [0.15, 0.2) is 0 Å². The third-order valence-corrected chi connectivity index (χ3v) is 0.686. The SMILES string of the molecule is O=C(O)CCl.O=C(O)CCl.[Pt]. The quantitative estimate of drug-likeness (QED) is 0.685. The Morgan fingerprint density at radius 2 is 1.09 bits per heavy atom. The van der Waals surface area contributed by atoms with E-state index in [9.17, 15) is 9.59 Å². The maximum Gasteiger partial charge on any atom is 0.318 e. The summed E-state index contributed by atoms with van der Waals surface area (Å²) in [6.45, 7) is 0. The zero-order chi connectivity index (χ0) is 8.57. The van der Waals surface area contributed by atoms with Crippen molar-refractivity contribution in [2.45, 2.75) is 0 Å². The first-order valence-electron chi connectivity index (χ1n) is 2.10. The van der Waals surface area contributed by atoms with Crippen LogP contribution in [0.3, 0.4) is 0 Å². The van der Waals surface area contributed by atoms with Gasteiger partial charge in [0.2, 0.25) is 0 Å². The molecular weight excluding hydrogens is 378 g/mol. The number of carbonyl (C=O) groups is 2. The Morgan fingerprint density at radius 1 is 1.00 bits per heavy atom. The van der Waals surface area contributed by atoms with E-state index in [0.29, 0.717) is 0 Å². The fraction of sp³-hybridized carbons (Fsp3) is 0.500. The minimum Gasteiger partial charge on any atom is -0.480 e. The third kappa shape index (κ3) is 38.8. The number of aliphatic carboxylic acids is 2. The Labute approximate surface area is 87.7 Å². The summed E-state index contributed by atoms with van der Waals surface area (Å²) in [6, 6.07) is 0. The second-order valence-corrected chi connectivity index (χ2v) is 1.59. The zero-order valence-electron chi connectivity index (χ0n) is 5.20. The van der Waals surface area contributed by atoms with Crippen LogP contribution in [0.1, 0.15) is 0 Å². The Hall–Kier alpha value is 0.208. The van der Waals surface area contributed by atoms with Crippen LogP contribution in [-0.4, -0.2) is 33.9 Å². The van der Waals surface area contributed by atoms with Gasteiger partial charge in [0, 0.05) is 21.1 Å². The fourth-order valence-corrected chi connectivity index (χ4v) is 0. The molecule has 0 heterocycles. The molecule has 2 N–H and O–H groups in total. The van der Waals surface area contributed by atoms with Crippen LogP contribution in [0.25, 0.3) is 0 Å². The number of carboxylic acids is 2. The van der Waals surface area contributed by atoms with E-state index in [0.717, 1.165) is 0 Å². The normalized spacial score (nSPS) is 6.73. The van der Waals surface area contributed by atoms with Crippen molar-refractivity contribution in [2.75, 3.05) is 11.8 Å². The molecule has 7 heteroatoms. The molecule has 0 rings (SSSR count). The number of carboxylic acid groups (broad SMARTS) is 2. The van der Waals surface area contributed by atoms with Crippen LogP contribution in [0.4, 0.5) is 0 Å². The van der Waals surface area contributed by atoms with E-state index in [4.69, 9.17) is 33.4 Å². The first kappa shape index (κ1) is 17.3. The predicted octanol–water partition coefficient (Wildman–Crippen LogP) is 0.617. The van der Waals surface area contributed by atoms with Crippen LogP contribution < -0.4 is 0 Å². The summed E-state index contributed by atoms with van der Waals surface area (Å²) in [4.78, 5) is 18.5. The van der Waals surface area contributed by atoms with Crippen LogP contribution in [0, 0.1) is 0 Å². The molecule has 0 bridgehead atoms. The molecule has 0 aromatic heterocycles. The van der Waals surface area contributed by atoms with E-state index < -0.39 is 11.9 Å². The molecule has 0 radical (unpaired) electrons. The first-order chi connectivity index (χ1) is 4.54. The summed E-state index contributed by atoms with van der Waals surface area (Å²) < 4.78 is 0. The summed E-state index contributed by atoms with van der Waals surface area (Å²) in [7, 11) is 0. The van der Waals surface area contributed by atoms with Gasteiger partial charge in [0.05, 0.1) is 0 Å². The van der Waals surface area contributed by atoms with Crippen molar-refractivity contribution in [3.8, 4) is 0 Å². The molecule has 0 spiro atoms. The number of rotatable bonds is 2. The molecule has 0 saturated carbocycles. The summed E-state index contributed by atoms with van der Waals surface area (Å²) in [5.74, 6) is -2.57. The molecule has 70 valence electrons. The summed E-state index contributed by atoms with van der Waals surface area (Å²) in [6.07, 6.45) is 0. The Morgan fingerprint density at radius 3 is 1.09 bits per heavy atom. The van der Waals surface area contributed by atoms with Gasteiger partial charge in [-0.2, -0.15) is 0 Å². The van der Waals surface area contributed by atoms with Crippen molar-refractivity contribution in [3.05, 3.63) is 0 Å². The average molecular weight is 384 g/mol. The molecule has 0 saturated heterocycles. The van der Waals surface area contributed by atoms with Gasteiger partial charge >= 0.3 is 11.9 Å². The standard InChI is InChI=1S/2C2H3ClO2.Pt/c2*3-1-2(4)5;/h2*1H2,(H,4,5);. The third-order valence-electron chi connectivity index (χ3n) is 0.229. The Kier molecular flexibility index (Phi) is 20.2. The Bertz CT molecular complexity index is 105. The summed E-state index contributed by atoms with van der Waals surface area (Å²) in [5, 5.41) is 15.2. The van der Waals surface area contributed by atoms with Crippen molar-refractivity contribution in [3.63, 3.8) is 0 Å². The van der Waals surface area contributed by atoms with Crippen LogP contribution in [-0.2, 0) is 30.7 Å². The van der Waals surface area contributed by atoms with Gasteiger partial charge in [-0.15, -0.1) is 23.2 Å². The van der Waals surface area contributed by atoms with Gasteiger partial charge in [-0.3, -0.25) is 9.59 Å². The van der Waals surface area contributed by atoms with Gasteiger partial charge in [-0.1, -0.05) is 0 Å².